The van der Waals surface area contributed by atoms with Gasteiger partial charge in [0.25, 0.3) is 0 Å². The van der Waals surface area contributed by atoms with Crippen molar-refractivity contribution in [2.75, 3.05) is 67.7 Å². The van der Waals surface area contributed by atoms with Crippen molar-refractivity contribution < 1.29 is 23.7 Å². The first-order valence-corrected chi connectivity index (χ1v) is 10.2. The number of methoxy groups -OCH3 is 4. The predicted molar refractivity (Wildman–Crippen MR) is 116 cm³/mol. The third kappa shape index (κ3) is 6.41. The first-order chi connectivity index (χ1) is 14.6. The summed E-state index contributed by atoms with van der Waals surface area (Å²) in [6.45, 7) is 7.54. The summed E-state index contributed by atoms with van der Waals surface area (Å²) in [4.78, 5) is 20.5. The Morgan fingerprint density at radius 3 is 2.17 bits per heavy atom. The molecule has 0 spiro atoms. The fraction of sp³-hybridized carbons (Fsp3) is 0.619. The topological polar surface area (TPSA) is 84.9 Å². The Morgan fingerprint density at radius 1 is 1.03 bits per heavy atom. The molecule has 0 bridgehead atoms. The van der Waals surface area contributed by atoms with Crippen molar-refractivity contribution in [2.45, 2.75) is 19.9 Å². The molecule has 0 radical (unpaired) electrons. The van der Waals surface area contributed by atoms with Crippen LogP contribution in [0, 0.1) is 0 Å². The maximum absolute atomic E-state index is 11.3. The monoisotopic (exact) mass is 422 g/mol. The number of hydrogen-bond acceptors (Lipinski definition) is 7. The maximum Gasteiger partial charge on any atom is 0.307 e. The van der Waals surface area contributed by atoms with E-state index in [4.69, 9.17) is 14.2 Å². The number of rotatable bonds is 9. The number of guanidine groups is 1. The Kier molecular flexibility index (Phi) is 9.53. The van der Waals surface area contributed by atoms with Crippen LogP contribution in [0.4, 0.5) is 0 Å². The molecule has 1 aliphatic rings. The zero-order valence-corrected chi connectivity index (χ0v) is 18.7. The molecule has 0 aromatic heterocycles. The number of esters is 1. The minimum atomic E-state index is -0.246. The first-order valence-electron chi connectivity index (χ1n) is 10.2. The van der Waals surface area contributed by atoms with Crippen molar-refractivity contribution in [3.8, 4) is 17.2 Å². The number of hydrogen-bond donors (Lipinski definition) is 1. The molecule has 1 aliphatic heterocycles. The summed E-state index contributed by atoms with van der Waals surface area (Å²) >= 11 is 0. The molecule has 1 heterocycles. The van der Waals surface area contributed by atoms with Crippen LogP contribution >= 0.6 is 0 Å². The van der Waals surface area contributed by atoms with E-state index >= 15 is 0 Å². The average Bonchev–Trinajstić information content (AvgIpc) is 2.78. The van der Waals surface area contributed by atoms with Gasteiger partial charge in [0, 0.05) is 39.3 Å². The van der Waals surface area contributed by atoms with E-state index in [-0.39, 0.29) is 12.4 Å². The van der Waals surface area contributed by atoms with Crippen LogP contribution in [0.15, 0.2) is 17.1 Å². The van der Waals surface area contributed by atoms with Gasteiger partial charge in [0.05, 0.1) is 41.4 Å². The maximum atomic E-state index is 11.3. The van der Waals surface area contributed by atoms with Gasteiger partial charge in [0.2, 0.25) is 5.75 Å². The van der Waals surface area contributed by atoms with E-state index in [1.54, 1.807) is 21.3 Å². The summed E-state index contributed by atoms with van der Waals surface area (Å²) in [5.74, 6) is 2.53. The molecule has 168 valence electrons. The molecule has 0 unspecified atom stereocenters. The Balaban J connectivity index is 1.97. The van der Waals surface area contributed by atoms with Crippen LogP contribution in [-0.2, 0) is 16.1 Å². The van der Waals surface area contributed by atoms with Gasteiger partial charge in [-0.3, -0.25) is 14.7 Å². The van der Waals surface area contributed by atoms with Gasteiger partial charge in [-0.15, -0.1) is 0 Å². The van der Waals surface area contributed by atoms with E-state index in [1.165, 1.54) is 7.11 Å². The number of nitrogens with one attached hydrogen (secondary N) is 1. The van der Waals surface area contributed by atoms with Crippen LogP contribution in [0.3, 0.4) is 0 Å². The molecule has 0 saturated carbocycles. The minimum absolute atomic E-state index is 0.246. The zero-order chi connectivity index (χ0) is 21.9. The lowest BCUT2D eigenvalue weighted by molar-refractivity contribution is -0.140. The molecule has 0 atom stereocenters. The summed E-state index contributed by atoms with van der Waals surface area (Å²) < 4.78 is 21.0. The number of carbonyl (C=O) groups excluding carboxylic acids is 1. The lowest BCUT2D eigenvalue weighted by atomic mass is 10.1. The SMILES string of the molecule is CCNC(=NCCC(=O)OC)N1CCN(Cc2cc(OC)c(OC)c(OC)c2)CC1. The van der Waals surface area contributed by atoms with Gasteiger partial charge < -0.3 is 29.2 Å². The van der Waals surface area contributed by atoms with Crippen molar-refractivity contribution in [3.05, 3.63) is 17.7 Å². The van der Waals surface area contributed by atoms with Crippen LogP contribution in [0.1, 0.15) is 18.9 Å². The van der Waals surface area contributed by atoms with E-state index in [0.717, 1.165) is 50.8 Å². The highest BCUT2D eigenvalue weighted by molar-refractivity contribution is 5.80. The first kappa shape index (κ1) is 23.6. The van der Waals surface area contributed by atoms with Crippen LogP contribution in [0.25, 0.3) is 0 Å². The highest BCUT2D eigenvalue weighted by Crippen LogP contribution is 2.38. The summed E-state index contributed by atoms with van der Waals surface area (Å²) in [6, 6.07) is 3.98. The van der Waals surface area contributed by atoms with Crippen molar-refractivity contribution in [2.24, 2.45) is 4.99 Å². The van der Waals surface area contributed by atoms with Crippen molar-refractivity contribution in [3.63, 3.8) is 0 Å². The summed E-state index contributed by atoms with van der Waals surface area (Å²) in [5, 5.41) is 3.31. The van der Waals surface area contributed by atoms with Crippen molar-refractivity contribution in [1.29, 1.82) is 0 Å². The Bertz CT molecular complexity index is 692. The van der Waals surface area contributed by atoms with Crippen molar-refractivity contribution >= 4 is 11.9 Å². The fourth-order valence-corrected chi connectivity index (χ4v) is 3.38. The molecule has 9 heteroatoms. The molecule has 9 nitrogen and oxygen atoms in total. The Morgan fingerprint density at radius 2 is 1.67 bits per heavy atom. The third-order valence-corrected chi connectivity index (χ3v) is 4.94. The number of benzene rings is 1. The molecular formula is C21H34N4O5. The molecular weight excluding hydrogens is 388 g/mol. The van der Waals surface area contributed by atoms with Crippen LogP contribution in [0.2, 0.25) is 0 Å². The summed E-state index contributed by atoms with van der Waals surface area (Å²) in [5.41, 5.74) is 1.11. The van der Waals surface area contributed by atoms with Crippen LogP contribution in [-0.4, -0.2) is 89.4 Å². The largest absolute Gasteiger partial charge is 0.493 e. The van der Waals surface area contributed by atoms with E-state index in [1.807, 2.05) is 19.1 Å². The van der Waals surface area contributed by atoms with Gasteiger partial charge in [-0.2, -0.15) is 0 Å². The molecule has 1 aromatic carbocycles. The van der Waals surface area contributed by atoms with E-state index in [9.17, 15) is 4.79 Å². The second-order valence-corrected chi connectivity index (χ2v) is 6.86. The Hall–Kier alpha value is -2.68. The van der Waals surface area contributed by atoms with E-state index < -0.39 is 0 Å². The predicted octanol–water partition coefficient (Wildman–Crippen LogP) is 1.36. The van der Waals surface area contributed by atoms with Gasteiger partial charge in [0.15, 0.2) is 17.5 Å². The van der Waals surface area contributed by atoms with Crippen molar-refractivity contribution in [1.82, 2.24) is 15.1 Å². The molecule has 0 amide bonds. The standard InChI is InChI=1S/C21H34N4O5/c1-6-22-21(23-8-7-19(26)29-4)25-11-9-24(10-12-25)15-16-13-17(27-2)20(30-5)18(14-16)28-3/h13-14H,6-12,15H2,1-5H3,(H,22,23). The van der Waals surface area contributed by atoms with Crippen LogP contribution < -0.4 is 19.5 Å². The highest BCUT2D eigenvalue weighted by atomic mass is 16.5. The lowest BCUT2D eigenvalue weighted by Gasteiger charge is -2.36. The average molecular weight is 423 g/mol. The molecule has 1 aromatic rings. The molecule has 2 rings (SSSR count). The summed E-state index contributed by atoms with van der Waals surface area (Å²) in [6.07, 6.45) is 0.284. The van der Waals surface area contributed by atoms with E-state index in [2.05, 4.69) is 24.8 Å². The quantitative estimate of drug-likeness (QED) is 0.363. The Labute approximate surface area is 178 Å². The molecule has 1 saturated heterocycles. The number of carbonyl (C=O) groups is 1. The molecule has 1 N–H and O–H groups in total. The van der Waals surface area contributed by atoms with Gasteiger partial charge >= 0.3 is 5.97 Å². The normalized spacial score (nSPS) is 15.0. The number of aliphatic imine (C=N–C) groups is 1. The van der Waals surface area contributed by atoms with Gasteiger partial charge in [-0.05, 0) is 24.6 Å². The minimum Gasteiger partial charge on any atom is -0.493 e. The van der Waals surface area contributed by atoms with Gasteiger partial charge in [0.1, 0.15) is 0 Å². The van der Waals surface area contributed by atoms with Gasteiger partial charge in [-0.25, -0.2) is 0 Å². The lowest BCUT2D eigenvalue weighted by Crippen LogP contribution is -2.52. The van der Waals surface area contributed by atoms with E-state index in [0.29, 0.717) is 23.8 Å². The number of piperazine rings is 1. The molecule has 1 fully saturated rings. The van der Waals surface area contributed by atoms with Crippen LogP contribution in [0.5, 0.6) is 17.2 Å². The molecule has 0 aliphatic carbocycles. The fourth-order valence-electron chi connectivity index (χ4n) is 3.38. The van der Waals surface area contributed by atoms with Gasteiger partial charge in [-0.1, -0.05) is 0 Å². The molecule has 30 heavy (non-hydrogen) atoms. The smallest absolute Gasteiger partial charge is 0.307 e. The zero-order valence-electron chi connectivity index (χ0n) is 18.7. The second-order valence-electron chi connectivity index (χ2n) is 6.86. The third-order valence-electron chi connectivity index (χ3n) is 4.94. The highest BCUT2D eigenvalue weighted by Gasteiger charge is 2.21. The second kappa shape index (κ2) is 12.1. The number of ether oxygens (including phenoxy) is 4. The summed E-state index contributed by atoms with van der Waals surface area (Å²) in [7, 11) is 6.25. The number of nitrogens with zero attached hydrogens (tertiary/aromatic N) is 3.